The molecule has 0 unspecified atom stereocenters. The first-order chi connectivity index (χ1) is 8.70. The van der Waals surface area contributed by atoms with Crippen LogP contribution in [-0.4, -0.2) is 65.1 Å². The molecular formula is C12H16IN3O2. The maximum absolute atomic E-state index is 12.2. The van der Waals surface area contributed by atoms with Gasteiger partial charge in [0.2, 0.25) is 0 Å². The van der Waals surface area contributed by atoms with Crippen LogP contribution in [0, 0.1) is 3.70 Å². The van der Waals surface area contributed by atoms with Crippen molar-refractivity contribution in [2.45, 2.75) is 0 Å². The Hall–Kier alpha value is -0.730. The van der Waals surface area contributed by atoms with Crippen molar-refractivity contribution >= 4 is 28.5 Å². The number of carbonyl (C=O) groups is 1. The molecule has 1 amide bonds. The standard InChI is InChI=1S/C12H16IN3O2/c13-11-2-1-10(9-14-11)12(18)16-5-3-15(4-6-16)7-8-17/h1-2,9,17H,3-8H2. The van der Waals surface area contributed by atoms with Crippen molar-refractivity contribution in [2.75, 3.05) is 39.3 Å². The second-order valence-electron chi connectivity index (χ2n) is 4.23. The van der Waals surface area contributed by atoms with Gasteiger partial charge in [-0.1, -0.05) is 0 Å². The number of amides is 1. The summed E-state index contributed by atoms with van der Waals surface area (Å²) in [6.07, 6.45) is 1.63. The predicted molar refractivity (Wildman–Crippen MR) is 76.4 cm³/mol. The molecule has 2 rings (SSSR count). The van der Waals surface area contributed by atoms with Gasteiger partial charge in [-0.2, -0.15) is 0 Å². The topological polar surface area (TPSA) is 56.7 Å². The maximum Gasteiger partial charge on any atom is 0.255 e. The minimum atomic E-state index is 0.0440. The van der Waals surface area contributed by atoms with Crippen molar-refractivity contribution in [3.8, 4) is 0 Å². The summed E-state index contributed by atoms with van der Waals surface area (Å²) in [6, 6.07) is 3.66. The van der Waals surface area contributed by atoms with Crippen molar-refractivity contribution in [3.05, 3.63) is 27.6 Å². The molecule has 1 N–H and O–H groups in total. The number of aliphatic hydroxyl groups excluding tert-OH is 1. The molecule has 0 radical (unpaired) electrons. The van der Waals surface area contributed by atoms with Gasteiger partial charge in [0.25, 0.3) is 5.91 Å². The molecule has 0 aliphatic carbocycles. The molecule has 1 saturated heterocycles. The summed E-state index contributed by atoms with van der Waals surface area (Å²) in [5.74, 6) is 0.0440. The molecule has 1 aromatic rings. The molecule has 0 saturated carbocycles. The van der Waals surface area contributed by atoms with Crippen molar-refractivity contribution in [1.82, 2.24) is 14.8 Å². The maximum atomic E-state index is 12.2. The fourth-order valence-corrected chi connectivity index (χ4v) is 2.32. The molecule has 1 aromatic heterocycles. The first kappa shape index (κ1) is 13.7. The normalized spacial score (nSPS) is 16.9. The molecule has 0 aromatic carbocycles. The Kier molecular flexibility index (Phi) is 4.90. The number of nitrogens with zero attached hydrogens (tertiary/aromatic N) is 3. The first-order valence-electron chi connectivity index (χ1n) is 5.95. The fraction of sp³-hybridized carbons (Fsp3) is 0.500. The van der Waals surface area contributed by atoms with E-state index in [1.165, 1.54) is 0 Å². The van der Waals surface area contributed by atoms with Crippen LogP contribution in [0.4, 0.5) is 0 Å². The van der Waals surface area contributed by atoms with Crippen LogP contribution in [0.1, 0.15) is 10.4 Å². The second-order valence-corrected chi connectivity index (χ2v) is 5.33. The number of pyridine rings is 1. The van der Waals surface area contributed by atoms with Gasteiger partial charge in [0.15, 0.2) is 0 Å². The molecule has 6 heteroatoms. The van der Waals surface area contributed by atoms with Crippen LogP contribution in [0.3, 0.4) is 0 Å². The first-order valence-corrected chi connectivity index (χ1v) is 7.02. The number of piperazine rings is 1. The molecular weight excluding hydrogens is 345 g/mol. The third-order valence-electron chi connectivity index (χ3n) is 3.05. The van der Waals surface area contributed by atoms with Gasteiger partial charge in [-0.3, -0.25) is 9.69 Å². The highest BCUT2D eigenvalue weighted by Gasteiger charge is 2.21. The van der Waals surface area contributed by atoms with E-state index in [4.69, 9.17) is 5.11 Å². The number of hydrogen-bond acceptors (Lipinski definition) is 4. The van der Waals surface area contributed by atoms with Crippen LogP contribution in [0.25, 0.3) is 0 Å². The molecule has 0 bridgehead atoms. The minimum Gasteiger partial charge on any atom is -0.395 e. The Bertz CT molecular complexity index is 402. The van der Waals surface area contributed by atoms with E-state index in [0.717, 1.165) is 16.8 Å². The highest BCUT2D eigenvalue weighted by Crippen LogP contribution is 2.09. The largest absolute Gasteiger partial charge is 0.395 e. The minimum absolute atomic E-state index is 0.0440. The molecule has 1 aliphatic rings. The smallest absolute Gasteiger partial charge is 0.255 e. The van der Waals surface area contributed by atoms with Gasteiger partial charge in [0, 0.05) is 38.9 Å². The van der Waals surface area contributed by atoms with Crippen molar-refractivity contribution in [1.29, 1.82) is 0 Å². The third kappa shape index (κ3) is 3.39. The quantitative estimate of drug-likeness (QED) is 0.627. The lowest BCUT2D eigenvalue weighted by Gasteiger charge is -2.34. The zero-order valence-electron chi connectivity index (χ0n) is 10.0. The summed E-state index contributed by atoms with van der Waals surface area (Å²) in [4.78, 5) is 20.3. The van der Waals surface area contributed by atoms with Crippen molar-refractivity contribution in [2.24, 2.45) is 0 Å². The summed E-state index contributed by atoms with van der Waals surface area (Å²) < 4.78 is 0.886. The Balaban J connectivity index is 1.93. The predicted octanol–water partition coefficient (Wildman–Crippen LogP) is 0.436. The van der Waals surface area contributed by atoms with E-state index < -0.39 is 0 Å². The highest BCUT2D eigenvalue weighted by molar-refractivity contribution is 14.1. The van der Waals surface area contributed by atoms with E-state index in [0.29, 0.717) is 25.2 Å². The van der Waals surface area contributed by atoms with Crippen LogP contribution < -0.4 is 0 Å². The Morgan fingerprint density at radius 1 is 1.33 bits per heavy atom. The van der Waals surface area contributed by atoms with Crippen LogP contribution in [0.2, 0.25) is 0 Å². The summed E-state index contributed by atoms with van der Waals surface area (Å²) in [5, 5.41) is 8.87. The molecule has 1 fully saturated rings. The van der Waals surface area contributed by atoms with Gasteiger partial charge in [0.1, 0.15) is 3.70 Å². The fourth-order valence-electron chi connectivity index (χ4n) is 2.00. The molecule has 18 heavy (non-hydrogen) atoms. The highest BCUT2D eigenvalue weighted by atomic mass is 127. The van der Waals surface area contributed by atoms with E-state index in [9.17, 15) is 4.79 Å². The molecule has 98 valence electrons. The van der Waals surface area contributed by atoms with E-state index >= 15 is 0 Å². The molecule has 0 atom stereocenters. The second kappa shape index (κ2) is 6.44. The zero-order chi connectivity index (χ0) is 13.0. The lowest BCUT2D eigenvalue weighted by Crippen LogP contribution is -2.49. The van der Waals surface area contributed by atoms with E-state index in [2.05, 4.69) is 32.5 Å². The number of halogens is 1. The number of carbonyl (C=O) groups excluding carboxylic acids is 1. The number of aromatic nitrogens is 1. The van der Waals surface area contributed by atoms with Crippen LogP contribution in [0.15, 0.2) is 18.3 Å². The Morgan fingerprint density at radius 3 is 2.61 bits per heavy atom. The number of rotatable bonds is 3. The third-order valence-corrected chi connectivity index (χ3v) is 3.69. The summed E-state index contributed by atoms with van der Waals surface area (Å²) >= 11 is 2.12. The van der Waals surface area contributed by atoms with Gasteiger partial charge in [-0.15, -0.1) is 0 Å². The van der Waals surface area contributed by atoms with Gasteiger partial charge in [0.05, 0.1) is 12.2 Å². The van der Waals surface area contributed by atoms with Gasteiger partial charge >= 0.3 is 0 Å². The van der Waals surface area contributed by atoms with Crippen LogP contribution >= 0.6 is 22.6 Å². The summed E-state index contributed by atoms with van der Waals surface area (Å²) in [7, 11) is 0. The lowest BCUT2D eigenvalue weighted by atomic mass is 10.2. The summed E-state index contributed by atoms with van der Waals surface area (Å²) in [6.45, 7) is 3.94. The number of β-amino-alcohol motifs (C(OH)–C–C–N with tert-alkyl or cyclic N) is 1. The van der Waals surface area contributed by atoms with E-state index in [1.807, 2.05) is 17.0 Å². The number of hydrogen-bond donors (Lipinski definition) is 1. The zero-order valence-corrected chi connectivity index (χ0v) is 12.2. The monoisotopic (exact) mass is 361 g/mol. The summed E-state index contributed by atoms with van der Waals surface area (Å²) in [5.41, 5.74) is 0.644. The number of aliphatic hydroxyl groups is 1. The van der Waals surface area contributed by atoms with E-state index in [1.54, 1.807) is 6.20 Å². The van der Waals surface area contributed by atoms with Crippen LogP contribution in [0.5, 0.6) is 0 Å². The van der Waals surface area contributed by atoms with Crippen LogP contribution in [-0.2, 0) is 0 Å². The average Bonchev–Trinajstić information content (AvgIpc) is 2.40. The molecule has 5 nitrogen and oxygen atoms in total. The van der Waals surface area contributed by atoms with Gasteiger partial charge in [-0.05, 0) is 34.7 Å². The average molecular weight is 361 g/mol. The van der Waals surface area contributed by atoms with E-state index in [-0.39, 0.29) is 12.5 Å². The van der Waals surface area contributed by atoms with Gasteiger partial charge in [-0.25, -0.2) is 4.98 Å². The Labute approximate surface area is 120 Å². The molecule has 2 heterocycles. The lowest BCUT2D eigenvalue weighted by molar-refractivity contribution is 0.0614. The SMILES string of the molecule is O=C(c1ccc(I)nc1)N1CCN(CCO)CC1. The Morgan fingerprint density at radius 2 is 2.06 bits per heavy atom. The molecule has 1 aliphatic heterocycles. The van der Waals surface area contributed by atoms with Gasteiger partial charge < -0.3 is 10.0 Å². The van der Waals surface area contributed by atoms with Crippen molar-refractivity contribution in [3.63, 3.8) is 0 Å². The molecule has 0 spiro atoms. The van der Waals surface area contributed by atoms with Crippen molar-refractivity contribution < 1.29 is 9.90 Å².